The highest BCUT2D eigenvalue weighted by Crippen LogP contribution is 2.18. The molecule has 6 heteroatoms. The molecule has 1 aliphatic rings. The van der Waals surface area contributed by atoms with E-state index in [1.165, 1.54) is 6.42 Å². The summed E-state index contributed by atoms with van der Waals surface area (Å²) in [5, 5.41) is 3.92. The van der Waals surface area contributed by atoms with Crippen molar-refractivity contribution in [2.24, 2.45) is 5.73 Å². The zero-order chi connectivity index (χ0) is 15.1. The van der Waals surface area contributed by atoms with Crippen LogP contribution in [0.15, 0.2) is 4.52 Å². The van der Waals surface area contributed by atoms with Crippen LogP contribution >= 0.6 is 0 Å². The summed E-state index contributed by atoms with van der Waals surface area (Å²) >= 11 is 0. The third-order valence-corrected chi connectivity index (χ3v) is 3.98. The first-order valence-corrected chi connectivity index (χ1v) is 8.05. The first-order chi connectivity index (χ1) is 10.2. The number of nitrogens with two attached hydrogens (primary N) is 1. The number of rotatable bonds is 7. The Morgan fingerprint density at radius 1 is 1.43 bits per heavy atom. The highest BCUT2D eigenvalue weighted by molar-refractivity contribution is 5.76. The molecule has 1 fully saturated rings. The fourth-order valence-electron chi connectivity index (χ4n) is 2.83. The number of aromatic nitrogens is 2. The zero-order valence-electron chi connectivity index (χ0n) is 12.9. The molecular weight excluding hydrogens is 268 g/mol. The second-order valence-electron chi connectivity index (χ2n) is 5.68. The van der Waals surface area contributed by atoms with Gasteiger partial charge in [-0.05, 0) is 32.1 Å². The summed E-state index contributed by atoms with van der Waals surface area (Å²) in [7, 11) is 0. The molecule has 0 aromatic carbocycles. The predicted molar refractivity (Wildman–Crippen MR) is 79.6 cm³/mol. The van der Waals surface area contributed by atoms with Crippen LogP contribution in [0.5, 0.6) is 0 Å². The highest BCUT2D eigenvalue weighted by Gasteiger charge is 2.25. The van der Waals surface area contributed by atoms with Gasteiger partial charge in [0.05, 0.1) is 0 Å². The molecule has 21 heavy (non-hydrogen) atoms. The summed E-state index contributed by atoms with van der Waals surface area (Å²) in [5.41, 5.74) is 5.76. The van der Waals surface area contributed by atoms with E-state index in [-0.39, 0.29) is 11.9 Å². The number of carbonyl (C=O) groups excluding carboxylic acids is 1. The maximum Gasteiger partial charge on any atom is 0.226 e. The molecule has 1 atom stereocenters. The molecule has 118 valence electrons. The van der Waals surface area contributed by atoms with Crippen LogP contribution < -0.4 is 5.73 Å². The second kappa shape index (κ2) is 8.12. The summed E-state index contributed by atoms with van der Waals surface area (Å²) in [6.45, 7) is 3.50. The van der Waals surface area contributed by atoms with Crippen molar-refractivity contribution >= 4 is 5.91 Å². The van der Waals surface area contributed by atoms with Gasteiger partial charge in [-0.3, -0.25) is 4.79 Å². The minimum atomic E-state index is 0.207. The Hall–Kier alpha value is -1.43. The smallest absolute Gasteiger partial charge is 0.226 e. The lowest BCUT2D eigenvalue weighted by Crippen LogP contribution is -2.47. The van der Waals surface area contributed by atoms with Gasteiger partial charge in [-0.1, -0.05) is 12.1 Å². The lowest BCUT2D eigenvalue weighted by molar-refractivity contribution is -0.134. The quantitative estimate of drug-likeness (QED) is 0.827. The molecule has 1 aromatic rings. The summed E-state index contributed by atoms with van der Waals surface area (Å²) < 4.78 is 5.18. The molecule has 1 amide bonds. The summed E-state index contributed by atoms with van der Waals surface area (Å²) in [6, 6.07) is 0.228. The van der Waals surface area contributed by atoms with E-state index in [4.69, 9.17) is 10.3 Å². The average Bonchev–Trinajstić information content (AvgIpc) is 2.95. The largest absolute Gasteiger partial charge is 0.339 e. The molecule has 6 nitrogen and oxygen atoms in total. The molecular formula is C15H26N4O2. The number of likely N-dealkylation sites (tertiary alicyclic amines) is 1. The predicted octanol–water partition coefficient (Wildman–Crippen LogP) is 1.68. The number of piperidine rings is 1. The van der Waals surface area contributed by atoms with Crippen LogP contribution in [-0.4, -0.2) is 40.1 Å². The van der Waals surface area contributed by atoms with Crippen LogP contribution in [0.2, 0.25) is 0 Å². The molecule has 0 radical (unpaired) electrons. The minimum absolute atomic E-state index is 0.207. The number of hydrogen-bond donors (Lipinski definition) is 1. The van der Waals surface area contributed by atoms with Crippen LogP contribution in [0, 0.1) is 0 Å². The van der Waals surface area contributed by atoms with Gasteiger partial charge in [-0.15, -0.1) is 0 Å². The van der Waals surface area contributed by atoms with E-state index in [1.807, 2.05) is 4.90 Å². The van der Waals surface area contributed by atoms with Gasteiger partial charge in [0.2, 0.25) is 11.8 Å². The number of amides is 1. The Morgan fingerprint density at radius 3 is 3.05 bits per heavy atom. The van der Waals surface area contributed by atoms with Gasteiger partial charge in [-0.25, -0.2) is 0 Å². The van der Waals surface area contributed by atoms with Crippen LogP contribution in [0.25, 0.3) is 0 Å². The lowest BCUT2D eigenvalue weighted by Gasteiger charge is -2.35. The molecule has 0 aliphatic carbocycles. The lowest BCUT2D eigenvalue weighted by atomic mass is 10.0. The van der Waals surface area contributed by atoms with E-state index in [1.54, 1.807) is 0 Å². The van der Waals surface area contributed by atoms with Crippen LogP contribution in [0.1, 0.15) is 57.2 Å². The first-order valence-electron chi connectivity index (χ1n) is 8.05. The monoisotopic (exact) mass is 294 g/mol. The van der Waals surface area contributed by atoms with Crippen molar-refractivity contribution in [1.29, 1.82) is 0 Å². The van der Waals surface area contributed by atoms with Crippen molar-refractivity contribution in [2.45, 2.75) is 64.3 Å². The van der Waals surface area contributed by atoms with E-state index in [0.29, 0.717) is 25.3 Å². The van der Waals surface area contributed by atoms with E-state index in [9.17, 15) is 4.79 Å². The molecule has 1 saturated heterocycles. The second-order valence-corrected chi connectivity index (χ2v) is 5.68. The molecule has 1 aliphatic heterocycles. The SMILES string of the molecule is CCCc1noc(CCCC(=O)N2CCCCC2CN)n1. The van der Waals surface area contributed by atoms with Crippen LogP contribution in [0.4, 0.5) is 0 Å². The van der Waals surface area contributed by atoms with E-state index in [0.717, 1.165) is 44.5 Å². The number of aryl methyl sites for hydroxylation is 2. The van der Waals surface area contributed by atoms with E-state index < -0.39 is 0 Å². The van der Waals surface area contributed by atoms with Gasteiger partial charge in [0.25, 0.3) is 0 Å². The maximum atomic E-state index is 12.3. The van der Waals surface area contributed by atoms with Crippen LogP contribution in [0.3, 0.4) is 0 Å². The van der Waals surface area contributed by atoms with Crippen molar-refractivity contribution in [1.82, 2.24) is 15.0 Å². The molecule has 2 heterocycles. The minimum Gasteiger partial charge on any atom is -0.339 e. The third-order valence-electron chi connectivity index (χ3n) is 3.98. The molecule has 2 rings (SSSR count). The van der Waals surface area contributed by atoms with Gasteiger partial charge in [-0.2, -0.15) is 4.98 Å². The van der Waals surface area contributed by atoms with Gasteiger partial charge in [0, 0.05) is 38.4 Å². The topological polar surface area (TPSA) is 85.2 Å². The number of hydrogen-bond acceptors (Lipinski definition) is 5. The Balaban J connectivity index is 1.75. The van der Waals surface area contributed by atoms with E-state index >= 15 is 0 Å². The molecule has 0 bridgehead atoms. The summed E-state index contributed by atoms with van der Waals surface area (Å²) in [5.74, 6) is 1.61. The molecule has 0 spiro atoms. The van der Waals surface area contributed by atoms with Crippen LogP contribution in [-0.2, 0) is 17.6 Å². The molecule has 2 N–H and O–H groups in total. The van der Waals surface area contributed by atoms with Crippen molar-refractivity contribution < 1.29 is 9.32 Å². The van der Waals surface area contributed by atoms with Gasteiger partial charge >= 0.3 is 0 Å². The Kier molecular flexibility index (Phi) is 6.17. The van der Waals surface area contributed by atoms with Gasteiger partial charge < -0.3 is 15.2 Å². The van der Waals surface area contributed by atoms with E-state index in [2.05, 4.69) is 17.1 Å². The van der Waals surface area contributed by atoms with Gasteiger partial charge in [0.1, 0.15) is 0 Å². The summed E-state index contributed by atoms with van der Waals surface area (Å²) in [4.78, 5) is 18.5. The number of carbonyl (C=O) groups is 1. The molecule has 1 aromatic heterocycles. The third kappa shape index (κ3) is 4.52. The summed E-state index contributed by atoms with van der Waals surface area (Å²) in [6.07, 6.45) is 7.10. The van der Waals surface area contributed by atoms with Crippen molar-refractivity contribution in [3.63, 3.8) is 0 Å². The van der Waals surface area contributed by atoms with Gasteiger partial charge in [0.15, 0.2) is 5.82 Å². The fraction of sp³-hybridized carbons (Fsp3) is 0.800. The van der Waals surface area contributed by atoms with Crippen molar-refractivity contribution in [3.8, 4) is 0 Å². The average molecular weight is 294 g/mol. The molecule has 1 unspecified atom stereocenters. The fourth-order valence-corrected chi connectivity index (χ4v) is 2.83. The maximum absolute atomic E-state index is 12.3. The van der Waals surface area contributed by atoms with Crippen molar-refractivity contribution in [2.75, 3.05) is 13.1 Å². The Labute approximate surface area is 126 Å². The number of nitrogens with zero attached hydrogens (tertiary/aromatic N) is 3. The normalized spacial score (nSPS) is 19.0. The molecule has 0 saturated carbocycles. The zero-order valence-corrected chi connectivity index (χ0v) is 12.9. The first kappa shape index (κ1) is 15.9. The van der Waals surface area contributed by atoms with Crippen molar-refractivity contribution in [3.05, 3.63) is 11.7 Å². The Morgan fingerprint density at radius 2 is 2.29 bits per heavy atom. The Bertz CT molecular complexity index is 447. The standard InChI is InChI=1S/C15H26N4O2/c1-2-6-13-17-14(21-18-13)8-5-9-15(20)19-10-4-3-7-12(19)11-16/h12H,2-11,16H2,1H3. The highest BCUT2D eigenvalue weighted by atomic mass is 16.5.